The first-order valence-electron chi connectivity index (χ1n) is 8.17. The molecule has 1 aliphatic heterocycles. The standard InChI is InChI=1S/C18H14FN3O4S/c19-12-3-1-11(2-4-12)15-7-13(21-26-15)9-25-17(24)8-14-10-27-18-20-6-5-16(23)22(14)18/h1-7,14H,8-10H2. The lowest BCUT2D eigenvalue weighted by molar-refractivity contribution is -0.145. The van der Waals surface area contributed by atoms with E-state index in [1.165, 1.54) is 40.7 Å². The van der Waals surface area contributed by atoms with Crippen molar-refractivity contribution in [2.75, 3.05) is 5.75 Å². The lowest BCUT2D eigenvalue weighted by Gasteiger charge is -2.11. The summed E-state index contributed by atoms with van der Waals surface area (Å²) < 4.78 is 24.9. The van der Waals surface area contributed by atoms with Crippen molar-refractivity contribution in [2.24, 2.45) is 0 Å². The number of esters is 1. The Labute approximate surface area is 157 Å². The first kappa shape index (κ1) is 17.5. The number of carbonyl (C=O) groups is 1. The summed E-state index contributed by atoms with van der Waals surface area (Å²) in [4.78, 5) is 28.2. The van der Waals surface area contributed by atoms with Crippen LogP contribution in [0.4, 0.5) is 4.39 Å². The molecule has 0 radical (unpaired) electrons. The Morgan fingerprint density at radius 1 is 1.33 bits per heavy atom. The number of benzene rings is 1. The maximum atomic E-state index is 13.0. The normalized spacial score (nSPS) is 15.5. The van der Waals surface area contributed by atoms with E-state index >= 15 is 0 Å². The van der Waals surface area contributed by atoms with E-state index in [4.69, 9.17) is 9.26 Å². The van der Waals surface area contributed by atoms with Gasteiger partial charge in [0.05, 0.1) is 12.5 Å². The third kappa shape index (κ3) is 3.77. The summed E-state index contributed by atoms with van der Waals surface area (Å²) >= 11 is 1.44. The second kappa shape index (κ2) is 7.36. The Kier molecular flexibility index (Phi) is 4.76. The predicted octanol–water partition coefficient (Wildman–Crippen LogP) is 2.82. The second-order valence-corrected chi connectivity index (χ2v) is 6.94. The summed E-state index contributed by atoms with van der Waals surface area (Å²) in [7, 11) is 0. The first-order chi connectivity index (χ1) is 13.1. The Morgan fingerprint density at radius 2 is 2.15 bits per heavy atom. The van der Waals surface area contributed by atoms with Gasteiger partial charge in [0, 0.05) is 29.6 Å². The van der Waals surface area contributed by atoms with Gasteiger partial charge in [-0.15, -0.1) is 0 Å². The predicted molar refractivity (Wildman–Crippen MR) is 94.6 cm³/mol. The van der Waals surface area contributed by atoms with Gasteiger partial charge in [0.1, 0.15) is 18.1 Å². The lowest BCUT2D eigenvalue weighted by Crippen LogP contribution is -2.25. The molecule has 1 atom stereocenters. The first-order valence-corrected chi connectivity index (χ1v) is 9.16. The van der Waals surface area contributed by atoms with E-state index in [2.05, 4.69) is 10.1 Å². The van der Waals surface area contributed by atoms with Crippen molar-refractivity contribution in [2.45, 2.75) is 24.2 Å². The average molecular weight is 387 g/mol. The van der Waals surface area contributed by atoms with Crippen molar-refractivity contribution in [3.63, 3.8) is 0 Å². The maximum absolute atomic E-state index is 13.0. The fourth-order valence-electron chi connectivity index (χ4n) is 2.78. The molecule has 2 aromatic heterocycles. The molecule has 27 heavy (non-hydrogen) atoms. The third-order valence-electron chi connectivity index (χ3n) is 4.09. The minimum atomic E-state index is -0.435. The van der Waals surface area contributed by atoms with Crippen LogP contribution in [0.15, 0.2) is 57.1 Å². The Balaban J connectivity index is 1.36. The van der Waals surface area contributed by atoms with Gasteiger partial charge in [-0.25, -0.2) is 9.37 Å². The van der Waals surface area contributed by atoms with Crippen molar-refractivity contribution in [3.8, 4) is 11.3 Å². The fourth-order valence-corrected chi connectivity index (χ4v) is 3.90. The molecule has 138 valence electrons. The van der Waals surface area contributed by atoms with Crippen LogP contribution in [0.5, 0.6) is 0 Å². The molecule has 3 heterocycles. The van der Waals surface area contributed by atoms with Gasteiger partial charge < -0.3 is 9.26 Å². The molecule has 0 saturated heterocycles. The van der Waals surface area contributed by atoms with Crippen molar-refractivity contribution in [1.29, 1.82) is 0 Å². The van der Waals surface area contributed by atoms with Crippen LogP contribution in [0.2, 0.25) is 0 Å². The number of carbonyl (C=O) groups excluding carboxylic acids is 1. The Hall–Kier alpha value is -2.94. The molecule has 0 N–H and O–H groups in total. The second-order valence-electron chi connectivity index (χ2n) is 5.95. The number of halogens is 1. The molecule has 0 bridgehead atoms. The van der Waals surface area contributed by atoms with E-state index in [-0.39, 0.29) is 30.4 Å². The molecule has 0 saturated carbocycles. The average Bonchev–Trinajstić information content (AvgIpc) is 3.29. The molecule has 4 rings (SSSR count). The largest absolute Gasteiger partial charge is 0.459 e. The van der Waals surface area contributed by atoms with Gasteiger partial charge in [-0.1, -0.05) is 16.9 Å². The number of aromatic nitrogens is 3. The maximum Gasteiger partial charge on any atom is 0.308 e. The monoisotopic (exact) mass is 387 g/mol. The van der Waals surface area contributed by atoms with Crippen LogP contribution < -0.4 is 5.56 Å². The summed E-state index contributed by atoms with van der Waals surface area (Å²) in [5.74, 6) is 0.281. The van der Waals surface area contributed by atoms with Gasteiger partial charge in [-0.2, -0.15) is 0 Å². The zero-order valence-electron chi connectivity index (χ0n) is 14.0. The zero-order chi connectivity index (χ0) is 18.8. The number of fused-ring (bicyclic) bond motifs is 1. The van der Waals surface area contributed by atoms with Crippen molar-refractivity contribution >= 4 is 17.7 Å². The van der Waals surface area contributed by atoms with Crippen LogP contribution in [0.25, 0.3) is 11.3 Å². The molecule has 0 spiro atoms. The highest BCUT2D eigenvalue weighted by Gasteiger charge is 2.27. The van der Waals surface area contributed by atoms with E-state index < -0.39 is 5.97 Å². The Morgan fingerprint density at radius 3 is 2.96 bits per heavy atom. The molecule has 0 amide bonds. The number of thioether (sulfide) groups is 1. The summed E-state index contributed by atoms with van der Waals surface area (Å²) in [6.45, 7) is -0.0435. The SMILES string of the molecule is O=C(CC1CSc2nccc(=O)n21)OCc1cc(-c2ccc(F)cc2)on1. The van der Waals surface area contributed by atoms with E-state index in [1.807, 2.05) is 0 Å². The number of hydrogen-bond acceptors (Lipinski definition) is 7. The fraction of sp³-hybridized carbons (Fsp3) is 0.222. The molecule has 1 aromatic carbocycles. The van der Waals surface area contributed by atoms with Gasteiger partial charge >= 0.3 is 5.97 Å². The molecule has 0 fully saturated rings. The van der Waals surface area contributed by atoms with Crippen LogP contribution in [-0.2, 0) is 16.1 Å². The highest BCUT2D eigenvalue weighted by atomic mass is 32.2. The molecule has 1 unspecified atom stereocenters. The Bertz CT molecular complexity index is 1030. The van der Waals surface area contributed by atoms with Crippen LogP contribution in [0.1, 0.15) is 18.2 Å². The van der Waals surface area contributed by atoms with E-state index in [1.54, 1.807) is 18.2 Å². The molecule has 7 nitrogen and oxygen atoms in total. The number of nitrogens with zero attached hydrogens (tertiary/aromatic N) is 3. The van der Waals surface area contributed by atoms with Crippen LogP contribution in [-0.4, -0.2) is 26.4 Å². The topological polar surface area (TPSA) is 87.2 Å². The summed E-state index contributed by atoms with van der Waals surface area (Å²) in [5, 5.41) is 4.47. The lowest BCUT2D eigenvalue weighted by atomic mass is 10.1. The van der Waals surface area contributed by atoms with Crippen LogP contribution in [0.3, 0.4) is 0 Å². The molecule has 0 aliphatic carbocycles. The summed E-state index contributed by atoms with van der Waals surface area (Å²) in [6, 6.07) is 8.54. The van der Waals surface area contributed by atoms with E-state index in [0.717, 1.165) is 0 Å². The highest BCUT2D eigenvalue weighted by Crippen LogP contribution is 2.31. The van der Waals surface area contributed by atoms with Crippen molar-refractivity contribution in [3.05, 3.63) is 64.5 Å². The molecule has 9 heteroatoms. The molecule has 1 aliphatic rings. The van der Waals surface area contributed by atoms with Crippen LogP contribution >= 0.6 is 11.8 Å². The van der Waals surface area contributed by atoms with Gasteiger partial charge in [0.25, 0.3) is 5.56 Å². The van der Waals surface area contributed by atoms with Crippen molar-refractivity contribution < 1.29 is 18.4 Å². The molecular formula is C18H14FN3O4S. The third-order valence-corrected chi connectivity index (χ3v) is 5.20. The van der Waals surface area contributed by atoms with Gasteiger partial charge in [-0.05, 0) is 24.3 Å². The van der Waals surface area contributed by atoms with E-state index in [9.17, 15) is 14.0 Å². The van der Waals surface area contributed by atoms with Gasteiger partial charge in [0.15, 0.2) is 10.9 Å². The molecular weight excluding hydrogens is 373 g/mol. The minimum absolute atomic E-state index is 0.0435. The van der Waals surface area contributed by atoms with Gasteiger partial charge in [0.2, 0.25) is 0 Å². The quantitative estimate of drug-likeness (QED) is 0.491. The van der Waals surface area contributed by atoms with Crippen molar-refractivity contribution in [1.82, 2.24) is 14.7 Å². The van der Waals surface area contributed by atoms with Gasteiger partial charge in [-0.3, -0.25) is 14.2 Å². The number of ether oxygens (including phenoxy) is 1. The van der Waals surface area contributed by atoms with Crippen LogP contribution in [0, 0.1) is 5.82 Å². The molecule has 3 aromatic rings. The summed E-state index contributed by atoms with van der Waals surface area (Å²) in [6.07, 6.45) is 1.54. The smallest absolute Gasteiger partial charge is 0.308 e. The minimum Gasteiger partial charge on any atom is -0.459 e. The zero-order valence-corrected chi connectivity index (χ0v) is 14.8. The number of rotatable bonds is 5. The van der Waals surface area contributed by atoms with E-state index in [0.29, 0.717) is 27.9 Å². The summed E-state index contributed by atoms with van der Waals surface area (Å²) in [5.41, 5.74) is 0.943. The highest BCUT2D eigenvalue weighted by molar-refractivity contribution is 7.99. The number of hydrogen-bond donors (Lipinski definition) is 0.